The lowest BCUT2D eigenvalue weighted by Gasteiger charge is -2.20. The van der Waals surface area contributed by atoms with Crippen LogP contribution in [0.5, 0.6) is 0 Å². The van der Waals surface area contributed by atoms with Crippen molar-refractivity contribution in [3.63, 3.8) is 0 Å². The smallest absolute Gasteiger partial charge is 0.307 e. The summed E-state index contributed by atoms with van der Waals surface area (Å²) in [7, 11) is 1.96. The molecule has 0 saturated heterocycles. The van der Waals surface area contributed by atoms with E-state index in [1.807, 2.05) is 65.8 Å². The highest BCUT2D eigenvalue weighted by atomic mass is 32.2. The number of thiazole rings is 1. The number of carbonyl (C=O) groups is 1. The van der Waals surface area contributed by atoms with E-state index in [0.717, 1.165) is 37.3 Å². The first-order chi connectivity index (χ1) is 15.2. The van der Waals surface area contributed by atoms with Gasteiger partial charge in [0.2, 0.25) is 4.80 Å². The molecule has 4 aromatic rings. The number of furan rings is 1. The SMILES string of the molecule is Cn1/c(=N/NC(=O)c2oc3ccccc3c2CSC2CCCCC2)sc2ccccc21. The van der Waals surface area contributed by atoms with Crippen molar-refractivity contribution in [2.24, 2.45) is 12.1 Å². The van der Waals surface area contributed by atoms with E-state index >= 15 is 0 Å². The van der Waals surface area contributed by atoms with Crippen molar-refractivity contribution in [3.8, 4) is 0 Å². The molecule has 0 atom stereocenters. The molecule has 1 aliphatic rings. The number of hydrogen-bond donors (Lipinski definition) is 1. The molecule has 5 nitrogen and oxygen atoms in total. The third kappa shape index (κ3) is 4.16. The van der Waals surface area contributed by atoms with E-state index in [1.165, 1.54) is 32.1 Å². The van der Waals surface area contributed by atoms with Gasteiger partial charge in [0.05, 0.1) is 10.2 Å². The summed E-state index contributed by atoms with van der Waals surface area (Å²) in [5, 5.41) is 6.08. The number of amides is 1. The molecule has 0 spiro atoms. The van der Waals surface area contributed by atoms with Crippen LogP contribution in [0.4, 0.5) is 0 Å². The van der Waals surface area contributed by atoms with E-state index in [2.05, 4.69) is 16.6 Å². The zero-order chi connectivity index (χ0) is 21.2. The van der Waals surface area contributed by atoms with Crippen LogP contribution in [0.2, 0.25) is 0 Å². The van der Waals surface area contributed by atoms with Crippen molar-refractivity contribution in [1.82, 2.24) is 9.99 Å². The fourth-order valence-electron chi connectivity index (χ4n) is 4.20. The largest absolute Gasteiger partial charge is 0.451 e. The molecule has 1 fully saturated rings. The quantitative estimate of drug-likeness (QED) is 0.390. The third-order valence-electron chi connectivity index (χ3n) is 5.89. The van der Waals surface area contributed by atoms with E-state index in [0.29, 0.717) is 11.0 Å². The first-order valence-electron chi connectivity index (χ1n) is 10.7. The van der Waals surface area contributed by atoms with E-state index in [-0.39, 0.29) is 5.91 Å². The van der Waals surface area contributed by atoms with Gasteiger partial charge in [-0.2, -0.15) is 11.8 Å². The molecule has 2 heterocycles. The zero-order valence-corrected chi connectivity index (χ0v) is 19.1. The first kappa shape index (κ1) is 20.4. The van der Waals surface area contributed by atoms with Crippen LogP contribution < -0.4 is 10.2 Å². The Kier molecular flexibility index (Phi) is 5.87. The summed E-state index contributed by atoms with van der Waals surface area (Å²) < 4.78 is 9.11. The second-order valence-corrected chi connectivity index (χ2v) is 10.2. The van der Waals surface area contributed by atoms with Gasteiger partial charge >= 0.3 is 5.91 Å². The molecule has 2 aromatic carbocycles. The fraction of sp³-hybridized carbons (Fsp3) is 0.333. The maximum atomic E-state index is 13.1. The number of benzene rings is 2. The molecule has 160 valence electrons. The molecule has 31 heavy (non-hydrogen) atoms. The van der Waals surface area contributed by atoms with Crippen LogP contribution in [-0.4, -0.2) is 15.7 Å². The summed E-state index contributed by atoms with van der Waals surface area (Å²) in [6, 6.07) is 16.0. The number of hydrogen-bond acceptors (Lipinski definition) is 5. The number of rotatable bonds is 5. The van der Waals surface area contributed by atoms with Gasteiger partial charge in [0.25, 0.3) is 0 Å². The van der Waals surface area contributed by atoms with Crippen LogP contribution in [0.3, 0.4) is 0 Å². The molecular weight excluding hydrogens is 426 g/mol. The average Bonchev–Trinajstić information content (AvgIpc) is 3.34. The Balaban J connectivity index is 1.43. The second kappa shape index (κ2) is 8.93. The first-order valence-corrected chi connectivity index (χ1v) is 12.6. The predicted octanol–water partition coefficient (Wildman–Crippen LogP) is 5.80. The Hall–Kier alpha value is -2.51. The summed E-state index contributed by atoms with van der Waals surface area (Å²) in [5.74, 6) is 0.853. The molecule has 1 amide bonds. The highest BCUT2D eigenvalue weighted by Gasteiger charge is 2.22. The molecule has 0 bridgehead atoms. The molecule has 1 saturated carbocycles. The van der Waals surface area contributed by atoms with Crippen molar-refractivity contribution in [3.05, 3.63) is 64.7 Å². The van der Waals surface area contributed by atoms with E-state index in [9.17, 15) is 4.79 Å². The fourth-order valence-corrected chi connectivity index (χ4v) is 6.53. The number of thioether (sulfide) groups is 1. The summed E-state index contributed by atoms with van der Waals surface area (Å²) in [6.07, 6.45) is 6.49. The van der Waals surface area contributed by atoms with Gasteiger partial charge in [0.15, 0.2) is 5.76 Å². The monoisotopic (exact) mass is 451 g/mol. The molecule has 0 radical (unpaired) electrons. The Labute approximate surface area is 189 Å². The lowest BCUT2D eigenvalue weighted by atomic mass is 10.0. The predicted molar refractivity (Wildman–Crippen MR) is 128 cm³/mol. The van der Waals surface area contributed by atoms with Gasteiger partial charge in [-0.15, -0.1) is 5.10 Å². The van der Waals surface area contributed by atoms with Crippen molar-refractivity contribution in [2.75, 3.05) is 0 Å². The average molecular weight is 452 g/mol. The minimum Gasteiger partial charge on any atom is -0.451 e. The van der Waals surface area contributed by atoms with Crippen molar-refractivity contribution in [2.45, 2.75) is 43.1 Å². The molecule has 1 N–H and O–H groups in total. The number of aromatic nitrogens is 1. The van der Waals surface area contributed by atoms with Crippen molar-refractivity contribution >= 4 is 50.2 Å². The van der Waals surface area contributed by atoms with Crippen LogP contribution in [0, 0.1) is 0 Å². The Morgan fingerprint density at radius 1 is 1.16 bits per heavy atom. The second-order valence-electron chi connectivity index (χ2n) is 7.94. The summed E-state index contributed by atoms with van der Waals surface area (Å²) in [6.45, 7) is 0. The van der Waals surface area contributed by atoms with Gasteiger partial charge < -0.3 is 8.98 Å². The normalized spacial score (nSPS) is 15.7. The zero-order valence-electron chi connectivity index (χ0n) is 17.5. The molecule has 1 aliphatic carbocycles. The molecule has 5 rings (SSSR count). The Morgan fingerprint density at radius 2 is 1.94 bits per heavy atom. The maximum Gasteiger partial charge on any atom is 0.307 e. The van der Waals surface area contributed by atoms with Crippen LogP contribution in [0.15, 0.2) is 58.0 Å². The number of para-hydroxylation sites is 2. The number of fused-ring (bicyclic) bond motifs is 2. The lowest BCUT2D eigenvalue weighted by molar-refractivity contribution is 0.0926. The van der Waals surface area contributed by atoms with E-state index < -0.39 is 0 Å². The van der Waals surface area contributed by atoms with Gasteiger partial charge in [-0.25, -0.2) is 5.43 Å². The maximum absolute atomic E-state index is 13.1. The van der Waals surface area contributed by atoms with Crippen molar-refractivity contribution < 1.29 is 9.21 Å². The Morgan fingerprint density at radius 3 is 2.77 bits per heavy atom. The lowest BCUT2D eigenvalue weighted by Crippen LogP contribution is -2.23. The summed E-state index contributed by atoms with van der Waals surface area (Å²) in [4.78, 5) is 13.8. The number of carbonyl (C=O) groups excluding carboxylic acids is 1. The van der Waals surface area contributed by atoms with Crippen molar-refractivity contribution in [1.29, 1.82) is 0 Å². The minimum absolute atomic E-state index is 0.298. The minimum atomic E-state index is -0.298. The molecule has 7 heteroatoms. The summed E-state index contributed by atoms with van der Waals surface area (Å²) >= 11 is 3.49. The van der Waals surface area contributed by atoms with E-state index in [4.69, 9.17) is 4.42 Å². The number of aryl methyl sites for hydroxylation is 1. The van der Waals surface area contributed by atoms with Crippen LogP contribution in [-0.2, 0) is 12.8 Å². The van der Waals surface area contributed by atoms with Crippen LogP contribution >= 0.6 is 23.1 Å². The topological polar surface area (TPSA) is 59.5 Å². The van der Waals surface area contributed by atoms with Crippen LogP contribution in [0.1, 0.15) is 48.2 Å². The van der Waals surface area contributed by atoms with Gasteiger partial charge in [0.1, 0.15) is 5.58 Å². The summed E-state index contributed by atoms with van der Waals surface area (Å²) in [5.41, 5.74) is 5.54. The van der Waals surface area contributed by atoms with Gasteiger partial charge in [-0.1, -0.05) is 60.9 Å². The Bertz CT molecular complexity index is 1300. The van der Waals surface area contributed by atoms with Crippen LogP contribution in [0.25, 0.3) is 21.2 Å². The molecular formula is C24H25N3O2S2. The number of nitrogens with one attached hydrogen (secondary N) is 1. The molecule has 0 unspecified atom stereocenters. The molecule has 0 aliphatic heterocycles. The van der Waals surface area contributed by atoms with Gasteiger partial charge in [-0.05, 0) is 31.0 Å². The van der Waals surface area contributed by atoms with Gasteiger partial charge in [0, 0.05) is 29.0 Å². The standard InChI is InChI=1S/C24H25N3O2S2/c1-27-19-12-6-8-14-21(19)31-24(27)26-25-23(28)22-18(15-30-16-9-3-2-4-10-16)17-11-5-7-13-20(17)29-22/h5-8,11-14,16H,2-4,9-10,15H2,1H3,(H,25,28)/b26-24-. The van der Waals surface area contributed by atoms with E-state index in [1.54, 1.807) is 11.3 Å². The van der Waals surface area contributed by atoms with Gasteiger partial charge in [-0.3, -0.25) is 4.79 Å². The molecule has 2 aromatic heterocycles. The third-order valence-corrected chi connectivity index (χ3v) is 8.40. The highest BCUT2D eigenvalue weighted by molar-refractivity contribution is 7.99. The number of nitrogens with zero attached hydrogens (tertiary/aromatic N) is 2. The highest BCUT2D eigenvalue weighted by Crippen LogP contribution is 2.35.